The fourth-order valence-corrected chi connectivity index (χ4v) is 0.514. The lowest BCUT2D eigenvalue weighted by atomic mass is 10.3. The number of allylic oxidation sites excluding steroid dienone is 2. The van der Waals surface area contributed by atoms with E-state index in [1.165, 1.54) is 5.57 Å². The van der Waals surface area contributed by atoms with Crippen molar-refractivity contribution in [2.45, 2.75) is 33.8 Å². The molecule has 0 aliphatic heterocycles. The van der Waals surface area contributed by atoms with Crippen LogP contribution < -0.4 is 0 Å². The molecule has 60 valence electrons. The highest BCUT2D eigenvalue weighted by Crippen LogP contribution is 2.07. The Hall–Kier alpha value is -0.170. The van der Waals surface area contributed by atoms with E-state index in [4.69, 9.17) is 16.3 Å². The van der Waals surface area contributed by atoms with Crippen LogP contribution in [0.5, 0.6) is 0 Å². The Labute approximate surface area is 68.0 Å². The summed E-state index contributed by atoms with van der Waals surface area (Å²) >= 11 is 5.55. The van der Waals surface area contributed by atoms with Crippen LogP contribution in [0, 0.1) is 0 Å². The second-order valence-electron chi connectivity index (χ2n) is 2.64. The number of hydrogen-bond acceptors (Lipinski definition) is 1. The van der Waals surface area contributed by atoms with Crippen LogP contribution in [0.25, 0.3) is 0 Å². The third-order valence-electron chi connectivity index (χ3n) is 1.30. The van der Waals surface area contributed by atoms with E-state index >= 15 is 0 Å². The van der Waals surface area contributed by atoms with Crippen molar-refractivity contribution in [1.82, 2.24) is 0 Å². The predicted molar refractivity (Wildman–Crippen MR) is 45.3 cm³/mol. The Morgan fingerprint density at radius 3 is 2.20 bits per heavy atom. The van der Waals surface area contributed by atoms with Crippen LogP contribution in [-0.4, -0.2) is 12.0 Å². The Morgan fingerprint density at radius 2 is 1.90 bits per heavy atom. The summed E-state index contributed by atoms with van der Waals surface area (Å²) in [5.74, 6) is 1.53. The van der Waals surface area contributed by atoms with Gasteiger partial charge in [0.15, 0.2) is 0 Å². The zero-order valence-electron chi connectivity index (χ0n) is 7.07. The minimum absolute atomic E-state index is 0.122. The summed E-state index contributed by atoms with van der Waals surface area (Å²) in [6, 6.07) is 0. The van der Waals surface area contributed by atoms with Gasteiger partial charge in [-0.3, -0.25) is 0 Å². The number of alkyl halides is 1. The molecule has 0 saturated carbocycles. The van der Waals surface area contributed by atoms with Crippen molar-refractivity contribution in [3.05, 3.63) is 11.3 Å². The van der Waals surface area contributed by atoms with E-state index in [1.54, 1.807) is 0 Å². The van der Waals surface area contributed by atoms with E-state index in [0.29, 0.717) is 5.88 Å². The molecule has 1 atom stereocenters. The van der Waals surface area contributed by atoms with Gasteiger partial charge in [0, 0.05) is 0 Å². The van der Waals surface area contributed by atoms with Gasteiger partial charge in [-0.05, 0) is 33.3 Å². The lowest BCUT2D eigenvalue weighted by molar-refractivity contribution is 0.149. The molecule has 1 unspecified atom stereocenters. The summed E-state index contributed by atoms with van der Waals surface area (Å²) in [4.78, 5) is 0. The van der Waals surface area contributed by atoms with E-state index in [1.807, 2.05) is 27.7 Å². The minimum Gasteiger partial charge on any atom is -0.494 e. The Kier molecular flexibility index (Phi) is 4.54. The van der Waals surface area contributed by atoms with Crippen molar-refractivity contribution in [2.75, 3.05) is 5.88 Å². The van der Waals surface area contributed by atoms with Gasteiger partial charge in [-0.2, -0.15) is 0 Å². The molecule has 0 aliphatic rings. The molecule has 0 spiro atoms. The van der Waals surface area contributed by atoms with Gasteiger partial charge in [0.25, 0.3) is 0 Å². The zero-order chi connectivity index (χ0) is 8.15. The van der Waals surface area contributed by atoms with Gasteiger partial charge in [0.1, 0.15) is 6.10 Å². The van der Waals surface area contributed by atoms with Crippen molar-refractivity contribution in [3.8, 4) is 0 Å². The molecule has 2 heteroatoms. The number of halogens is 1. The fraction of sp³-hybridized carbons (Fsp3) is 0.750. The first-order valence-electron chi connectivity index (χ1n) is 3.44. The second-order valence-corrected chi connectivity index (χ2v) is 2.95. The van der Waals surface area contributed by atoms with Crippen LogP contribution in [0.1, 0.15) is 27.7 Å². The second kappa shape index (κ2) is 4.62. The van der Waals surface area contributed by atoms with Gasteiger partial charge in [-0.25, -0.2) is 0 Å². The SMILES string of the molecule is CC(C)=C(C)OC(C)CCl. The van der Waals surface area contributed by atoms with Crippen LogP contribution in [0.15, 0.2) is 11.3 Å². The molecule has 0 aromatic carbocycles. The van der Waals surface area contributed by atoms with Gasteiger partial charge >= 0.3 is 0 Å². The normalized spacial score (nSPS) is 12.5. The van der Waals surface area contributed by atoms with E-state index < -0.39 is 0 Å². The zero-order valence-corrected chi connectivity index (χ0v) is 7.83. The van der Waals surface area contributed by atoms with Crippen molar-refractivity contribution in [3.63, 3.8) is 0 Å². The molecule has 1 nitrogen and oxygen atoms in total. The van der Waals surface area contributed by atoms with E-state index in [2.05, 4.69) is 0 Å². The quantitative estimate of drug-likeness (QED) is 0.458. The molecule has 0 radical (unpaired) electrons. The maximum atomic E-state index is 5.55. The average molecular weight is 163 g/mol. The lowest BCUT2D eigenvalue weighted by Gasteiger charge is -2.12. The first kappa shape index (κ1) is 9.83. The highest BCUT2D eigenvalue weighted by Gasteiger charge is 2.00. The van der Waals surface area contributed by atoms with E-state index in [-0.39, 0.29) is 6.10 Å². The average Bonchev–Trinajstić information content (AvgIpc) is 1.87. The standard InChI is InChI=1S/C8H15ClO/c1-6(2)8(4)10-7(3)5-9/h7H,5H2,1-4H3. The monoisotopic (exact) mass is 162 g/mol. The largest absolute Gasteiger partial charge is 0.494 e. The summed E-state index contributed by atoms with van der Waals surface area (Å²) in [6.07, 6.45) is 0.122. The van der Waals surface area contributed by atoms with Crippen LogP contribution in [0.3, 0.4) is 0 Å². The molecule has 0 aliphatic carbocycles. The molecule has 0 N–H and O–H groups in total. The Balaban J connectivity index is 3.79. The van der Waals surface area contributed by atoms with Gasteiger partial charge in [0.2, 0.25) is 0 Å². The van der Waals surface area contributed by atoms with Gasteiger partial charge in [-0.15, -0.1) is 11.6 Å². The molecule has 10 heavy (non-hydrogen) atoms. The summed E-state index contributed by atoms with van der Waals surface area (Å²) in [5, 5.41) is 0. The number of ether oxygens (including phenoxy) is 1. The third kappa shape index (κ3) is 3.78. The van der Waals surface area contributed by atoms with Crippen molar-refractivity contribution >= 4 is 11.6 Å². The van der Waals surface area contributed by atoms with Gasteiger partial charge in [-0.1, -0.05) is 0 Å². The molecule has 0 amide bonds. The van der Waals surface area contributed by atoms with Crippen LogP contribution in [0.4, 0.5) is 0 Å². The van der Waals surface area contributed by atoms with Gasteiger partial charge < -0.3 is 4.74 Å². The molecule has 0 saturated heterocycles. The Morgan fingerprint density at radius 1 is 1.40 bits per heavy atom. The smallest absolute Gasteiger partial charge is 0.109 e. The van der Waals surface area contributed by atoms with Crippen molar-refractivity contribution < 1.29 is 4.74 Å². The van der Waals surface area contributed by atoms with Gasteiger partial charge in [0.05, 0.1) is 11.6 Å². The molecular weight excluding hydrogens is 148 g/mol. The summed E-state index contributed by atoms with van der Waals surface area (Å²) in [6.45, 7) is 7.96. The fourth-order valence-electron chi connectivity index (χ4n) is 0.451. The molecule has 0 fully saturated rings. The summed E-state index contributed by atoms with van der Waals surface area (Å²) in [5.41, 5.74) is 1.21. The van der Waals surface area contributed by atoms with Crippen molar-refractivity contribution in [1.29, 1.82) is 0 Å². The number of hydrogen-bond donors (Lipinski definition) is 0. The Bertz CT molecular complexity index is 125. The predicted octanol–water partition coefficient (Wildman–Crippen LogP) is 2.94. The third-order valence-corrected chi connectivity index (χ3v) is 1.73. The van der Waals surface area contributed by atoms with Crippen LogP contribution >= 0.6 is 11.6 Å². The first-order valence-corrected chi connectivity index (χ1v) is 3.98. The minimum atomic E-state index is 0.122. The van der Waals surface area contributed by atoms with Crippen molar-refractivity contribution in [2.24, 2.45) is 0 Å². The molecule has 0 heterocycles. The summed E-state index contributed by atoms with van der Waals surface area (Å²) < 4.78 is 5.41. The maximum Gasteiger partial charge on any atom is 0.109 e. The van der Waals surface area contributed by atoms with Crippen LogP contribution in [0.2, 0.25) is 0 Å². The van der Waals surface area contributed by atoms with E-state index in [0.717, 1.165) is 5.76 Å². The molecule has 0 bridgehead atoms. The highest BCUT2D eigenvalue weighted by molar-refractivity contribution is 6.18. The summed E-state index contributed by atoms with van der Waals surface area (Å²) in [7, 11) is 0. The molecule has 0 aromatic rings. The molecule has 0 aromatic heterocycles. The lowest BCUT2D eigenvalue weighted by Crippen LogP contribution is -2.08. The first-order chi connectivity index (χ1) is 4.57. The molecular formula is C8H15ClO. The number of rotatable bonds is 3. The topological polar surface area (TPSA) is 9.23 Å². The highest BCUT2D eigenvalue weighted by atomic mass is 35.5. The van der Waals surface area contributed by atoms with Crippen LogP contribution in [-0.2, 0) is 4.74 Å². The molecule has 0 rings (SSSR count). The van der Waals surface area contributed by atoms with E-state index in [9.17, 15) is 0 Å². The maximum absolute atomic E-state index is 5.55.